The highest BCUT2D eigenvalue weighted by molar-refractivity contribution is 7.98. The summed E-state index contributed by atoms with van der Waals surface area (Å²) in [6.45, 7) is 4.41. The number of aryl methyl sites for hydroxylation is 1. The van der Waals surface area contributed by atoms with Crippen LogP contribution in [0.4, 0.5) is 0 Å². The molecule has 2 N–H and O–H groups in total. The number of benzene rings is 1. The average Bonchev–Trinajstić information content (AvgIpc) is 2.82. The first-order chi connectivity index (χ1) is 10.3. The van der Waals surface area contributed by atoms with E-state index in [2.05, 4.69) is 44.4 Å². The summed E-state index contributed by atoms with van der Waals surface area (Å²) >= 11 is 1.82. The zero-order chi connectivity index (χ0) is 15.1. The zero-order valence-corrected chi connectivity index (χ0v) is 13.7. The van der Waals surface area contributed by atoms with Crippen molar-refractivity contribution in [1.82, 2.24) is 20.2 Å². The second-order valence-electron chi connectivity index (χ2n) is 4.69. The van der Waals surface area contributed by atoms with Crippen LogP contribution in [0.1, 0.15) is 12.7 Å². The number of aromatic nitrogens is 2. The van der Waals surface area contributed by atoms with Crippen molar-refractivity contribution in [3.63, 3.8) is 0 Å². The van der Waals surface area contributed by atoms with Crippen LogP contribution < -0.4 is 10.6 Å². The maximum atomic E-state index is 4.64. The Kier molecular flexibility index (Phi) is 5.92. The molecular formula is C15H23N5S. The Morgan fingerprint density at radius 1 is 1.33 bits per heavy atom. The van der Waals surface area contributed by atoms with Gasteiger partial charge in [0, 0.05) is 25.9 Å². The highest BCUT2D eigenvalue weighted by Gasteiger charge is 2.06. The van der Waals surface area contributed by atoms with Crippen LogP contribution in [0, 0.1) is 0 Å². The van der Waals surface area contributed by atoms with Gasteiger partial charge in [0.25, 0.3) is 0 Å². The number of nitrogens with zero attached hydrogens (tertiary/aromatic N) is 3. The predicted molar refractivity (Wildman–Crippen MR) is 91.9 cm³/mol. The topological polar surface area (TPSA) is 54.2 Å². The molecule has 1 aromatic heterocycles. The smallest absolute Gasteiger partial charge is 0.191 e. The monoisotopic (exact) mass is 305 g/mol. The number of aliphatic imine (C=N–C) groups is 1. The molecule has 2 rings (SSSR count). The van der Waals surface area contributed by atoms with Crippen LogP contribution in [-0.4, -0.2) is 40.6 Å². The molecule has 2 aromatic rings. The first-order valence-electron chi connectivity index (χ1n) is 7.17. The van der Waals surface area contributed by atoms with Gasteiger partial charge in [0.05, 0.1) is 11.0 Å². The largest absolute Gasteiger partial charge is 0.357 e. The fourth-order valence-corrected chi connectivity index (χ4v) is 2.41. The lowest BCUT2D eigenvalue weighted by Gasteiger charge is -2.10. The van der Waals surface area contributed by atoms with Crippen LogP contribution in [0.25, 0.3) is 11.0 Å². The molecule has 0 spiro atoms. The summed E-state index contributed by atoms with van der Waals surface area (Å²) < 4.78 is 2.10. The van der Waals surface area contributed by atoms with Crippen LogP contribution in [0.15, 0.2) is 29.3 Å². The molecule has 0 aliphatic heterocycles. The van der Waals surface area contributed by atoms with E-state index in [0.717, 1.165) is 41.7 Å². The van der Waals surface area contributed by atoms with Crippen molar-refractivity contribution in [1.29, 1.82) is 0 Å². The first-order valence-corrected chi connectivity index (χ1v) is 8.57. The molecule has 0 unspecified atom stereocenters. The molecule has 0 radical (unpaired) electrons. The van der Waals surface area contributed by atoms with Gasteiger partial charge in [-0.25, -0.2) is 9.98 Å². The molecule has 114 valence electrons. The van der Waals surface area contributed by atoms with Gasteiger partial charge in [-0.2, -0.15) is 11.8 Å². The third kappa shape index (κ3) is 4.14. The Hall–Kier alpha value is -1.69. The van der Waals surface area contributed by atoms with Crippen LogP contribution in [0.3, 0.4) is 0 Å². The van der Waals surface area contributed by atoms with Crippen molar-refractivity contribution in [2.24, 2.45) is 12.0 Å². The Morgan fingerprint density at radius 2 is 2.14 bits per heavy atom. The molecule has 21 heavy (non-hydrogen) atoms. The van der Waals surface area contributed by atoms with E-state index >= 15 is 0 Å². The van der Waals surface area contributed by atoms with Crippen molar-refractivity contribution in [3.8, 4) is 0 Å². The van der Waals surface area contributed by atoms with Gasteiger partial charge in [-0.3, -0.25) is 0 Å². The molecule has 0 atom stereocenters. The Balaban J connectivity index is 2.09. The van der Waals surface area contributed by atoms with Crippen LogP contribution >= 0.6 is 11.8 Å². The van der Waals surface area contributed by atoms with Gasteiger partial charge in [0.1, 0.15) is 12.4 Å². The highest BCUT2D eigenvalue weighted by Crippen LogP contribution is 2.14. The standard InChI is InChI=1S/C15H23N5S/c1-4-16-15(17-9-10-21-3)18-11-14-19-12-7-5-6-8-13(12)20(14)2/h5-8H,4,9-11H2,1-3H3,(H2,16,17,18). The minimum atomic E-state index is 0.569. The molecule has 6 heteroatoms. The lowest BCUT2D eigenvalue weighted by atomic mass is 10.3. The minimum Gasteiger partial charge on any atom is -0.357 e. The second-order valence-corrected chi connectivity index (χ2v) is 5.68. The third-order valence-electron chi connectivity index (χ3n) is 3.20. The summed E-state index contributed by atoms with van der Waals surface area (Å²) in [5.41, 5.74) is 2.16. The lowest BCUT2D eigenvalue weighted by molar-refractivity contribution is 0.788. The Morgan fingerprint density at radius 3 is 2.86 bits per heavy atom. The number of fused-ring (bicyclic) bond motifs is 1. The average molecular weight is 305 g/mol. The third-order valence-corrected chi connectivity index (χ3v) is 3.81. The van der Waals surface area contributed by atoms with Crippen LogP contribution in [-0.2, 0) is 13.6 Å². The molecular weight excluding hydrogens is 282 g/mol. The molecule has 1 aromatic carbocycles. The molecule has 0 amide bonds. The number of imidazole rings is 1. The van der Waals surface area contributed by atoms with Gasteiger partial charge >= 0.3 is 0 Å². The summed E-state index contributed by atoms with van der Waals surface area (Å²) in [6.07, 6.45) is 2.10. The van der Waals surface area contributed by atoms with E-state index in [1.165, 1.54) is 0 Å². The van der Waals surface area contributed by atoms with Crippen molar-refractivity contribution >= 4 is 28.8 Å². The number of para-hydroxylation sites is 2. The molecule has 0 bridgehead atoms. The van der Waals surface area contributed by atoms with E-state index in [0.29, 0.717) is 6.54 Å². The molecule has 0 aliphatic carbocycles. The SMILES string of the molecule is CCNC(=NCc1nc2ccccc2n1C)NCCSC. The maximum Gasteiger partial charge on any atom is 0.191 e. The van der Waals surface area contributed by atoms with Crippen molar-refractivity contribution in [2.45, 2.75) is 13.5 Å². The van der Waals surface area contributed by atoms with Crippen molar-refractivity contribution in [2.75, 3.05) is 25.1 Å². The van der Waals surface area contributed by atoms with E-state index in [4.69, 9.17) is 0 Å². The van der Waals surface area contributed by atoms with E-state index in [1.807, 2.05) is 37.0 Å². The van der Waals surface area contributed by atoms with Gasteiger partial charge < -0.3 is 15.2 Å². The summed E-state index contributed by atoms with van der Waals surface area (Å²) in [6, 6.07) is 8.16. The second kappa shape index (κ2) is 7.93. The fourth-order valence-electron chi connectivity index (χ4n) is 2.10. The van der Waals surface area contributed by atoms with Gasteiger partial charge in [-0.1, -0.05) is 12.1 Å². The predicted octanol–water partition coefficient (Wildman–Crippen LogP) is 1.99. The summed E-state index contributed by atoms with van der Waals surface area (Å²) in [5, 5.41) is 6.58. The highest BCUT2D eigenvalue weighted by atomic mass is 32.2. The fraction of sp³-hybridized carbons (Fsp3) is 0.467. The van der Waals surface area contributed by atoms with Crippen molar-refractivity contribution < 1.29 is 0 Å². The first kappa shape index (κ1) is 15.7. The Bertz CT molecular complexity index is 605. The minimum absolute atomic E-state index is 0.569. The lowest BCUT2D eigenvalue weighted by Crippen LogP contribution is -2.38. The molecule has 5 nitrogen and oxygen atoms in total. The molecule has 0 fully saturated rings. The number of rotatable bonds is 6. The maximum absolute atomic E-state index is 4.64. The number of thioether (sulfide) groups is 1. The zero-order valence-electron chi connectivity index (χ0n) is 12.9. The molecule has 0 saturated heterocycles. The van der Waals surface area contributed by atoms with Gasteiger partial charge in [-0.15, -0.1) is 0 Å². The Labute approximate surface area is 130 Å². The quantitative estimate of drug-likeness (QED) is 0.487. The number of hydrogen-bond donors (Lipinski definition) is 2. The van der Waals surface area contributed by atoms with E-state index in [-0.39, 0.29) is 0 Å². The molecule has 1 heterocycles. The summed E-state index contributed by atoms with van der Waals surface area (Å²) in [5.74, 6) is 2.88. The van der Waals surface area contributed by atoms with Crippen molar-refractivity contribution in [3.05, 3.63) is 30.1 Å². The van der Waals surface area contributed by atoms with Crippen LogP contribution in [0.2, 0.25) is 0 Å². The van der Waals surface area contributed by atoms with E-state index < -0.39 is 0 Å². The van der Waals surface area contributed by atoms with Gasteiger partial charge in [0.15, 0.2) is 5.96 Å². The van der Waals surface area contributed by atoms with Gasteiger partial charge in [-0.05, 0) is 25.3 Å². The number of nitrogens with one attached hydrogen (secondary N) is 2. The van der Waals surface area contributed by atoms with Gasteiger partial charge in [0.2, 0.25) is 0 Å². The molecule has 0 saturated carbocycles. The number of hydrogen-bond acceptors (Lipinski definition) is 3. The van der Waals surface area contributed by atoms with Crippen LogP contribution in [0.5, 0.6) is 0 Å². The molecule has 0 aliphatic rings. The summed E-state index contributed by atoms with van der Waals surface area (Å²) in [4.78, 5) is 9.25. The van der Waals surface area contributed by atoms with E-state index in [1.54, 1.807) is 0 Å². The van der Waals surface area contributed by atoms with E-state index in [9.17, 15) is 0 Å². The number of guanidine groups is 1. The summed E-state index contributed by atoms with van der Waals surface area (Å²) in [7, 11) is 2.04. The normalized spacial score (nSPS) is 11.9.